The highest BCUT2D eigenvalue weighted by molar-refractivity contribution is 5.33. The molecule has 28 heavy (non-hydrogen) atoms. The van der Waals surface area contributed by atoms with Crippen molar-refractivity contribution >= 4 is 0 Å². The first kappa shape index (κ1) is 20.9. The molecule has 3 rings (SSSR count). The lowest BCUT2D eigenvalue weighted by Gasteiger charge is -2.48. The predicted octanol–water partition coefficient (Wildman–Crippen LogP) is 4.21. The molecule has 1 fully saturated rings. The number of hydrogen-bond acceptors (Lipinski definition) is 4. The average molecular weight is 385 g/mol. The van der Waals surface area contributed by atoms with Gasteiger partial charge >= 0.3 is 0 Å². The topological polar surface area (TPSA) is 33.5 Å². The van der Waals surface area contributed by atoms with Crippen molar-refractivity contribution in [3.8, 4) is 5.88 Å². The number of benzene rings is 1. The molecule has 154 valence electrons. The lowest BCUT2D eigenvalue weighted by molar-refractivity contribution is 0.00534. The molecule has 5 nitrogen and oxygen atoms in total. The molecule has 5 heteroatoms. The standard InChI is InChI=1S/C23H36N4O/c1-17(2)19-10-8-9-11-20(19)21-16-26(12-13-27(21)23(3,4)5)15-18-14-25(6)24-22(18)28-7/h8-11,14,17,21H,12-13,15-16H2,1-7H3. The first-order valence-electron chi connectivity index (χ1n) is 10.3. The van der Waals surface area contributed by atoms with Crippen molar-refractivity contribution in [1.82, 2.24) is 19.6 Å². The van der Waals surface area contributed by atoms with Crippen LogP contribution in [0, 0.1) is 0 Å². The van der Waals surface area contributed by atoms with Crippen LogP contribution in [0.1, 0.15) is 63.3 Å². The van der Waals surface area contributed by atoms with E-state index in [1.807, 2.05) is 11.7 Å². The van der Waals surface area contributed by atoms with Gasteiger partial charge in [-0.15, -0.1) is 5.10 Å². The Morgan fingerprint density at radius 1 is 1.18 bits per heavy atom. The zero-order valence-corrected chi connectivity index (χ0v) is 18.6. The number of rotatable bonds is 5. The van der Waals surface area contributed by atoms with Crippen LogP contribution in [0.25, 0.3) is 0 Å². The van der Waals surface area contributed by atoms with Crippen LogP contribution in [-0.2, 0) is 13.6 Å². The van der Waals surface area contributed by atoms with Crippen LogP contribution in [0.4, 0.5) is 0 Å². The van der Waals surface area contributed by atoms with E-state index < -0.39 is 0 Å². The van der Waals surface area contributed by atoms with E-state index in [1.54, 1.807) is 7.11 Å². The molecule has 0 aliphatic carbocycles. The van der Waals surface area contributed by atoms with Gasteiger partial charge in [-0.2, -0.15) is 0 Å². The van der Waals surface area contributed by atoms with Gasteiger partial charge < -0.3 is 4.74 Å². The maximum absolute atomic E-state index is 5.48. The molecule has 1 aromatic carbocycles. The van der Waals surface area contributed by atoms with Gasteiger partial charge in [0.25, 0.3) is 0 Å². The molecule has 0 spiro atoms. The number of ether oxygens (including phenoxy) is 1. The Labute approximate surface area is 170 Å². The van der Waals surface area contributed by atoms with Crippen molar-refractivity contribution < 1.29 is 4.74 Å². The van der Waals surface area contributed by atoms with Gasteiger partial charge in [-0.25, -0.2) is 0 Å². The minimum atomic E-state index is 0.132. The Hall–Kier alpha value is -1.85. The highest BCUT2D eigenvalue weighted by Crippen LogP contribution is 2.36. The monoisotopic (exact) mass is 384 g/mol. The summed E-state index contributed by atoms with van der Waals surface area (Å²) in [6.45, 7) is 15.6. The summed E-state index contributed by atoms with van der Waals surface area (Å²) in [5.41, 5.74) is 4.22. The van der Waals surface area contributed by atoms with Gasteiger partial charge in [0.1, 0.15) is 0 Å². The first-order chi connectivity index (χ1) is 13.2. The molecule has 1 aromatic heterocycles. The third-order valence-corrected chi connectivity index (χ3v) is 5.76. The van der Waals surface area contributed by atoms with Gasteiger partial charge in [0.05, 0.1) is 7.11 Å². The van der Waals surface area contributed by atoms with E-state index in [1.165, 1.54) is 11.1 Å². The van der Waals surface area contributed by atoms with Gasteiger partial charge in [0, 0.05) is 56.6 Å². The number of aromatic nitrogens is 2. The summed E-state index contributed by atoms with van der Waals surface area (Å²) in [5, 5.41) is 4.42. The zero-order valence-electron chi connectivity index (χ0n) is 18.6. The molecule has 2 aromatic rings. The summed E-state index contributed by atoms with van der Waals surface area (Å²) in [6.07, 6.45) is 2.08. The van der Waals surface area contributed by atoms with Gasteiger partial charge in [-0.1, -0.05) is 38.1 Å². The summed E-state index contributed by atoms with van der Waals surface area (Å²) >= 11 is 0. The van der Waals surface area contributed by atoms with Gasteiger partial charge in [-0.05, 0) is 37.8 Å². The van der Waals surface area contributed by atoms with E-state index in [0.29, 0.717) is 12.0 Å². The molecule has 0 radical (unpaired) electrons. The second-order valence-corrected chi connectivity index (χ2v) is 9.24. The molecular weight excluding hydrogens is 348 g/mol. The number of aryl methyl sites for hydroxylation is 1. The quantitative estimate of drug-likeness (QED) is 0.773. The summed E-state index contributed by atoms with van der Waals surface area (Å²) in [5.74, 6) is 1.26. The molecule has 1 atom stereocenters. The second kappa shape index (κ2) is 8.26. The van der Waals surface area contributed by atoms with Crippen LogP contribution in [-0.4, -0.2) is 51.9 Å². The van der Waals surface area contributed by atoms with Crippen LogP contribution in [0.2, 0.25) is 0 Å². The molecule has 0 bridgehead atoms. The Morgan fingerprint density at radius 3 is 2.54 bits per heavy atom. The lowest BCUT2D eigenvalue weighted by atomic mass is 9.88. The molecule has 1 aliphatic rings. The summed E-state index contributed by atoms with van der Waals surface area (Å²) < 4.78 is 7.31. The van der Waals surface area contributed by atoms with E-state index >= 15 is 0 Å². The van der Waals surface area contributed by atoms with Crippen molar-refractivity contribution in [2.75, 3.05) is 26.7 Å². The Bertz CT molecular complexity index is 790. The normalized spacial score (nSPS) is 19.4. The Morgan fingerprint density at radius 2 is 1.89 bits per heavy atom. The largest absolute Gasteiger partial charge is 0.480 e. The zero-order chi connectivity index (χ0) is 20.5. The predicted molar refractivity (Wildman–Crippen MR) is 115 cm³/mol. The number of nitrogens with zero attached hydrogens (tertiary/aromatic N) is 4. The molecule has 2 heterocycles. The third kappa shape index (κ3) is 4.41. The number of methoxy groups -OCH3 is 1. The number of hydrogen-bond donors (Lipinski definition) is 0. The maximum Gasteiger partial charge on any atom is 0.237 e. The van der Waals surface area contributed by atoms with Crippen LogP contribution < -0.4 is 4.74 Å². The minimum Gasteiger partial charge on any atom is -0.480 e. The van der Waals surface area contributed by atoms with Crippen LogP contribution in [0.3, 0.4) is 0 Å². The van der Waals surface area contributed by atoms with E-state index in [9.17, 15) is 0 Å². The third-order valence-electron chi connectivity index (χ3n) is 5.76. The van der Waals surface area contributed by atoms with Gasteiger partial charge in [-0.3, -0.25) is 14.5 Å². The minimum absolute atomic E-state index is 0.132. The van der Waals surface area contributed by atoms with E-state index in [4.69, 9.17) is 4.74 Å². The molecule has 0 saturated carbocycles. The molecule has 1 unspecified atom stereocenters. The molecule has 1 aliphatic heterocycles. The fourth-order valence-corrected chi connectivity index (χ4v) is 4.43. The van der Waals surface area contributed by atoms with Crippen LogP contribution >= 0.6 is 0 Å². The molecule has 1 saturated heterocycles. The molecule has 0 amide bonds. The average Bonchev–Trinajstić information content (AvgIpc) is 3.00. The van der Waals surface area contributed by atoms with Crippen molar-refractivity contribution in [2.45, 2.75) is 58.7 Å². The summed E-state index contributed by atoms with van der Waals surface area (Å²) in [7, 11) is 3.65. The number of piperazine rings is 1. The van der Waals surface area contributed by atoms with Crippen molar-refractivity contribution in [1.29, 1.82) is 0 Å². The van der Waals surface area contributed by atoms with Crippen LogP contribution in [0.5, 0.6) is 5.88 Å². The fraction of sp³-hybridized carbons (Fsp3) is 0.609. The maximum atomic E-state index is 5.48. The fourth-order valence-electron chi connectivity index (χ4n) is 4.43. The van der Waals surface area contributed by atoms with Gasteiger partial charge in [0.2, 0.25) is 5.88 Å². The van der Waals surface area contributed by atoms with Crippen molar-refractivity contribution in [3.63, 3.8) is 0 Å². The van der Waals surface area contributed by atoms with E-state index in [2.05, 4.69) is 80.0 Å². The van der Waals surface area contributed by atoms with E-state index in [0.717, 1.165) is 37.6 Å². The first-order valence-corrected chi connectivity index (χ1v) is 10.3. The second-order valence-electron chi connectivity index (χ2n) is 9.24. The van der Waals surface area contributed by atoms with Crippen molar-refractivity contribution in [2.24, 2.45) is 7.05 Å². The highest BCUT2D eigenvalue weighted by atomic mass is 16.5. The Kier molecular flexibility index (Phi) is 6.15. The highest BCUT2D eigenvalue weighted by Gasteiger charge is 2.36. The SMILES string of the molecule is COc1nn(C)cc1CN1CCN(C(C)(C)C)C(c2ccccc2C(C)C)C1. The smallest absolute Gasteiger partial charge is 0.237 e. The lowest BCUT2D eigenvalue weighted by Crippen LogP contribution is -2.55. The van der Waals surface area contributed by atoms with Crippen molar-refractivity contribution in [3.05, 3.63) is 47.2 Å². The van der Waals surface area contributed by atoms with Gasteiger partial charge in [0.15, 0.2) is 0 Å². The van der Waals surface area contributed by atoms with Crippen LogP contribution in [0.15, 0.2) is 30.5 Å². The molecular formula is C23H36N4O. The van der Waals surface area contributed by atoms with E-state index in [-0.39, 0.29) is 5.54 Å². The summed E-state index contributed by atoms with van der Waals surface area (Å²) in [6, 6.07) is 9.36. The Balaban J connectivity index is 1.90. The molecule has 0 N–H and O–H groups in total. The summed E-state index contributed by atoms with van der Waals surface area (Å²) in [4.78, 5) is 5.22.